The quantitative estimate of drug-likeness (QED) is 0.329. The maximum atomic E-state index is 13.7. The van der Waals surface area contributed by atoms with Crippen molar-refractivity contribution < 1.29 is 14.9 Å². The second-order valence-corrected chi connectivity index (χ2v) is 9.04. The van der Waals surface area contributed by atoms with Gasteiger partial charge in [-0.25, -0.2) is 4.79 Å². The molecule has 0 saturated heterocycles. The van der Waals surface area contributed by atoms with Gasteiger partial charge in [-0.05, 0) is 48.0 Å². The smallest absolute Gasteiger partial charge is 0.331 e. The van der Waals surface area contributed by atoms with E-state index in [0.29, 0.717) is 33.6 Å². The van der Waals surface area contributed by atoms with Crippen LogP contribution >= 0.6 is 0 Å². The highest BCUT2D eigenvalue weighted by atomic mass is 16.5. The van der Waals surface area contributed by atoms with Crippen LogP contribution in [-0.2, 0) is 14.1 Å². The Morgan fingerprint density at radius 1 is 0.892 bits per heavy atom. The van der Waals surface area contributed by atoms with E-state index >= 15 is 0 Å². The van der Waals surface area contributed by atoms with E-state index in [1.54, 1.807) is 26.3 Å². The van der Waals surface area contributed by atoms with Crippen LogP contribution in [0.2, 0.25) is 0 Å². The van der Waals surface area contributed by atoms with Gasteiger partial charge >= 0.3 is 5.69 Å². The molecular weight excluding hydrogens is 472 g/mol. The van der Waals surface area contributed by atoms with E-state index in [2.05, 4.69) is 5.32 Å². The summed E-state index contributed by atoms with van der Waals surface area (Å²) >= 11 is 0. The van der Waals surface area contributed by atoms with Crippen LogP contribution in [0.15, 0.2) is 76.3 Å². The number of methoxy groups -OCH3 is 1. The first-order valence-electron chi connectivity index (χ1n) is 11.7. The summed E-state index contributed by atoms with van der Waals surface area (Å²) in [6.07, 6.45) is 0. The standard InChI is InChI=1S/C28H24N4O5/c1-30-24-21(27(35)31(2)28(30)36)23(15-11-13-16(37-3)14-12-15)32-19-9-5-4-8-18(19)29-22(25(24)32)17-7-6-10-20(33)26(17)34/h4-14,22,29,33-34H,1-3H3/t22-/m0/s1. The predicted octanol–water partition coefficient (Wildman–Crippen LogP) is 3.63. The lowest BCUT2D eigenvalue weighted by molar-refractivity contribution is 0.398. The molecule has 1 aliphatic rings. The Morgan fingerprint density at radius 2 is 1.62 bits per heavy atom. The van der Waals surface area contributed by atoms with Crippen molar-refractivity contribution in [1.82, 2.24) is 13.7 Å². The molecule has 1 atom stereocenters. The zero-order valence-corrected chi connectivity index (χ0v) is 20.4. The van der Waals surface area contributed by atoms with Crippen LogP contribution < -0.4 is 21.3 Å². The Labute approximate surface area is 211 Å². The molecule has 0 radical (unpaired) electrons. The molecule has 2 aromatic heterocycles. The first kappa shape index (κ1) is 22.5. The van der Waals surface area contributed by atoms with Gasteiger partial charge in [0.2, 0.25) is 0 Å². The number of hydrogen-bond acceptors (Lipinski definition) is 6. The summed E-state index contributed by atoms with van der Waals surface area (Å²) in [4.78, 5) is 26.8. The number of fused-ring (bicyclic) bond motifs is 5. The Hall–Kier alpha value is -4.92. The summed E-state index contributed by atoms with van der Waals surface area (Å²) in [6, 6.07) is 19.1. The van der Waals surface area contributed by atoms with E-state index in [1.165, 1.54) is 17.7 Å². The molecule has 9 heteroatoms. The highest BCUT2D eigenvalue weighted by molar-refractivity contribution is 5.99. The van der Waals surface area contributed by atoms with Gasteiger partial charge in [-0.1, -0.05) is 24.3 Å². The zero-order valence-electron chi connectivity index (χ0n) is 20.4. The van der Waals surface area contributed by atoms with E-state index in [1.807, 2.05) is 53.1 Å². The average molecular weight is 497 g/mol. The topological polar surface area (TPSA) is 111 Å². The van der Waals surface area contributed by atoms with Crippen molar-refractivity contribution in [2.45, 2.75) is 6.04 Å². The van der Waals surface area contributed by atoms with Gasteiger partial charge in [0, 0.05) is 19.7 Å². The summed E-state index contributed by atoms with van der Waals surface area (Å²) in [5.41, 5.74) is 3.46. The number of aromatic hydroxyl groups is 2. The third kappa shape index (κ3) is 3.10. The van der Waals surface area contributed by atoms with Crippen molar-refractivity contribution in [3.63, 3.8) is 0 Å². The minimum absolute atomic E-state index is 0.263. The highest BCUT2D eigenvalue weighted by Gasteiger charge is 2.36. The number of para-hydroxylation sites is 3. The lowest BCUT2D eigenvalue weighted by atomic mass is 9.98. The van der Waals surface area contributed by atoms with Gasteiger partial charge in [0.1, 0.15) is 5.75 Å². The number of nitrogens with one attached hydrogen (secondary N) is 1. The fourth-order valence-electron chi connectivity index (χ4n) is 5.26. The molecule has 0 amide bonds. The number of phenols is 2. The van der Waals surface area contributed by atoms with Crippen molar-refractivity contribution in [3.8, 4) is 34.2 Å². The lowest BCUT2D eigenvalue weighted by Gasteiger charge is -2.31. The molecule has 6 rings (SSSR count). The van der Waals surface area contributed by atoms with Crippen LogP contribution in [0.4, 0.5) is 5.69 Å². The Morgan fingerprint density at radius 3 is 2.35 bits per heavy atom. The summed E-state index contributed by atoms with van der Waals surface area (Å²) in [5, 5.41) is 25.0. The van der Waals surface area contributed by atoms with Gasteiger partial charge in [0.25, 0.3) is 5.56 Å². The second kappa shape index (κ2) is 8.06. The van der Waals surface area contributed by atoms with E-state index in [-0.39, 0.29) is 11.5 Å². The SMILES string of the molecule is COc1ccc(-c2c3c(=O)n(C)c(=O)n(C)c3c3n2-c2ccccc2N[C@H]3c2cccc(O)c2O)cc1. The molecule has 186 valence electrons. The minimum Gasteiger partial charge on any atom is -0.504 e. The number of phenolic OH excluding ortho intramolecular Hbond substituents is 2. The number of anilines is 1. The third-order valence-corrected chi connectivity index (χ3v) is 7.05. The van der Waals surface area contributed by atoms with Crippen LogP contribution in [0.5, 0.6) is 17.2 Å². The molecule has 0 bridgehead atoms. The number of hydrogen-bond donors (Lipinski definition) is 3. The van der Waals surface area contributed by atoms with Gasteiger partial charge < -0.3 is 24.8 Å². The molecule has 0 saturated carbocycles. The van der Waals surface area contributed by atoms with Crippen LogP contribution in [0.25, 0.3) is 27.8 Å². The van der Waals surface area contributed by atoms with Crippen molar-refractivity contribution in [1.29, 1.82) is 0 Å². The largest absolute Gasteiger partial charge is 0.504 e. The molecular formula is C28H24N4O5. The fraction of sp³-hybridized carbons (Fsp3) is 0.143. The predicted molar refractivity (Wildman–Crippen MR) is 141 cm³/mol. The minimum atomic E-state index is -0.686. The first-order chi connectivity index (χ1) is 17.8. The van der Waals surface area contributed by atoms with Gasteiger partial charge in [-0.2, -0.15) is 0 Å². The number of rotatable bonds is 3. The summed E-state index contributed by atoms with van der Waals surface area (Å²) in [6.45, 7) is 0. The number of aromatic nitrogens is 3. The van der Waals surface area contributed by atoms with Crippen LogP contribution in [-0.4, -0.2) is 31.0 Å². The first-order valence-corrected chi connectivity index (χ1v) is 11.7. The number of ether oxygens (including phenoxy) is 1. The average Bonchev–Trinajstić information content (AvgIpc) is 3.28. The summed E-state index contributed by atoms with van der Waals surface area (Å²) < 4.78 is 9.86. The fourth-order valence-corrected chi connectivity index (χ4v) is 5.26. The number of benzene rings is 3. The van der Waals surface area contributed by atoms with Crippen LogP contribution in [0.1, 0.15) is 17.3 Å². The molecule has 9 nitrogen and oxygen atoms in total. The van der Waals surface area contributed by atoms with Gasteiger partial charge in [-0.3, -0.25) is 13.9 Å². The summed E-state index contributed by atoms with van der Waals surface area (Å²) in [5.74, 6) is 0.129. The molecule has 5 aromatic rings. The molecule has 0 aliphatic carbocycles. The van der Waals surface area contributed by atoms with Gasteiger partial charge in [-0.15, -0.1) is 0 Å². The monoisotopic (exact) mass is 496 g/mol. The zero-order chi connectivity index (χ0) is 26.0. The number of nitrogens with zero attached hydrogens (tertiary/aromatic N) is 3. The molecule has 1 aliphatic heterocycles. The molecule has 37 heavy (non-hydrogen) atoms. The van der Waals surface area contributed by atoms with Crippen molar-refractivity contribution >= 4 is 16.6 Å². The number of aryl methyl sites for hydroxylation is 1. The van der Waals surface area contributed by atoms with Gasteiger partial charge in [0.05, 0.1) is 46.8 Å². The van der Waals surface area contributed by atoms with Crippen molar-refractivity contribution in [3.05, 3.63) is 98.8 Å². The Kier molecular flexibility index (Phi) is 4.91. The highest BCUT2D eigenvalue weighted by Crippen LogP contribution is 2.47. The molecule has 3 N–H and O–H groups in total. The maximum absolute atomic E-state index is 13.7. The molecule has 3 aromatic carbocycles. The van der Waals surface area contributed by atoms with Crippen molar-refractivity contribution in [2.75, 3.05) is 12.4 Å². The van der Waals surface area contributed by atoms with E-state index in [4.69, 9.17) is 4.74 Å². The normalized spacial score (nSPS) is 14.2. The third-order valence-electron chi connectivity index (χ3n) is 7.05. The van der Waals surface area contributed by atoms with E-state index < -0.39 is 17.3 Å². The molecule has 0 unspecified atom stereocenters. The molecule has 0 spiro atoms. The Balaban J connectivity index is 1.85. The van der Waals surface area contributed by atoms with E-state index in [0.717, 1.165) is 21.5 Å². The Bertz CT molecular complexity index is 1830. The van der Waals surface area contributed by atoms with Crippen molar-refractivity contribution in [2.24, 2.45) is 14.1 Å². The molecule has 0 fully saturated rings. The second-order valence-electron chi connectivity index (χ2n) is 9.04. The lowest BCUT2D eigenvalue weighted by Crippen LogP contribution is -2.37. The van der Waals surface area contributed by atoms with E-state index in [9.17, 15) is 19.8 Å². The molecule has 3 heterocycles. The maximum Gasteiger partial charge on any atom is 0.331 e. The van der Waals surface area contributed by atoms with Gasteiger partial charge in [0.15, 0.2) is 11.5 Å². The summed E-state index contributed by atoms with van der Waals surface area (Å²) in [7, 11) is 4.68. The van der Waals surface area contributed by atoms with Crippen LogP contribution in [0, 0.1) is 0 Å². The van der Waals surface area contributed by atoms with Crippen LogP contribution in [0.3, 0.4) is 0 Å².